The van der Waals surface area contributed by atoms with Gasteiger partial charge in [0.25, 0.3) is 5.78 Å². The number of nitrogens with one attached hydrogen (secondary N) is 1. The summed E-state index contributed by atoms with van der Waals surface area (Å²) in [5.74, 6) is 0.524. The summed E-state index contributed by atoms with van der Waals surface area (Å²) in [5, 5.41) is 7.14. The molecule has 0 bridgehead atoms. The standard InChI is InChI=1S/C24H24N8O/c1-15-19(16(2)32-24(28-15)29-23(25)30-32)11-22(33)26-12-17-7-9-18(10-8-17)13-31-14-27-20-5-3-4-6-21(20)31/h3-10,14H,11-13H2,1-2H3,(H2,25,30)(H,26,33). The van der Waals surface area contributed by atoms with Gasteiger partial charge in [0.15, 0.2) is 0 Å². The number of rotatable bonds is 6. The van der Waals surface area contributed by atoms with Gasteiger partial charge >= 0.3 is 0 Å². The topological polar surface area (TPSA) is 116 Å². The molecule has 2 aromatic carbocycles. The lowest BCUT2D eigenvalue weighted by molar-refractivity contribution is -0.120. The second kappa shape index (κ2) is 8.34. The van der Waals surface area contributed by atoms with Crippen molar-refractivity contribution in [3.05, 3.63) is 82.9 Å². The predicted octanol–water partition coefficient (Wildman–Crippen LogP) is 2.58. The Morgan fingerprint density at radius 3 is 2.61 bits per heavy atom. The van der Waals surface area contributed by atoms with E-state index < -0.39 is 0 Å². The van der Waals surface area contributed by atoms with Gasteiger partial charge in [-0.05, 0) is 37.1 Å². The zero-order valence-corrected chi connectivity index (χ0v) is 18.5. The largest absolute Gasteiger partial charge is 0.366 e. The van der Waals surface area contributed by atoms with Crippen LogP contribution in [0.1, 0.15) is 28.1 Å². The van der Waals surface area contributed by atoms with Crippen LogP contribution in [0.2, 0.25) is 0 Å². The van der Waals surface area contributed by atoms with E-state index in [0.29, 0.717) is 12.3 Å². The van der Waals surface area contributed by atoms with Crippen LogP contribution in [0.3, 0.4) is 0 Å². The van der Waals surface area contributed by atoms with E-state index in [9.17, 15) is 4.79 Å². The first-order chi connectivity index (χ1) is 16.0. The van der Waals surface area contributed by atoms with E-state index >= 15 is 0 Å². The van der Waals surface area contributed by atoms with Crippen molar-refractivity contribution in [2.75, 3.05) is 5.73 Å². The molecule has 3 heterocycles. The van der Waals surface area contributed by atoms with Gasteiger partial charge in [0.05, 0.1) is 23.8 Å². The van der Waals surface area contributed by atoms with Crippen molar-refractivity contribution in [1.29, 1.82) is 0 Å². The molecule has 0 fully saturated rings. The second-order valence-electron chi connectivity index (χ2n) is 8.07. The van der Waals surface area contributed by atoms with E-state index in [2.05, 4.69) is 48.1 Å². The third-order valence-electron chi connectivity index (χ3n) is 5.80. The summed E-state index contributed by atoms with van der Waals surface area (Å²) >= 11 is 0. The van der Waals surface area contributed by atoms with E-state index in [-0.39, 0.29) is 18.3 Å². The molecule has 9 heteroatoms. The van der Waals surface area contributed by atoms with Crippen LogP contribution < -0.4 is 11.1 Å². The molecule has 0 unspecified atom stereocenters. The average molecular weight is 441 g/mol. The summed E-state index contributed by atoms with van der Waals surface area (Å²) in [6.45, 7) is 4.95. The quantitative estimate of drug-likeness (QED) is 0.419. The predicted molar refractivity (Wildman–Crippen MR) is 125 cm³/mol. The third kappa shape index (κ3) is 4.12. The van der Waals surface area contributed by atoms with Gasteiger partial charge in [0.2, 0.25) is 11.9 Å². The molecule has 0 aliphatic heterocycles. The van der Waals surface area contributed by atoms with Crippen LogP contribution in [0, 0.1) is 13.8 Å². The van der Waals surface area contributed by atoms with Crippen LogP contribution in [-0.2, 0) is 24.3 Å². The number of hydrogen-bond acceptors (Lipinski definition) is 6. The van der Waals surface area contributed by atoms with Gasteiger partial charge in [-0.15, -0.1) is 5.10 Å². The minimum absolute atomic E-state index is 0.0793. The molecule has 0 atom stereocenters. The fraction of sp³-hybridized carbons (Fsp3) is 0.208. The molecular weight excluding hydrogens is 416 g/mol. The first-order valence-electron chi connectivity index (χ1n) is 10.7. The SMILES string of the molecule is Cc1nc2nc(N)nn2c(C)c1CC(=O)NCc1ccc(Cn2cnc3ccccc32)cc1. The van der Waals surface area contributed by atoms with Crippen LogP contribution in [0.5, 0.6) is 0 Å². The second-order valence-corrected chi connectivity index (χ2v) is 8.07. The molecular formula is C24H24N8O. The number of imidazole rings is 1. The van der Waals surface area contributed by atoms with E-state index in [1.54, 1.807) is 4.52 Å². The minimum atomic E-state index is -0.0793. The van der Waals surface area contributed by atoms with Gasteiger partial charge in [-0.2, -0.15) is 9.50 Å². The van der Waals surface area contributed by atoms with Crippen LogP contribution in [0.25, 0.3) is 16.8 Å². The molecule has 3 N–H and O–H groups in total. The smallest absolute Gasteiger partial charge is 0.254 e. The molecule has 5 aromatic rings. The van der Waals surface area contributed by atoms with E-state index in [4.69, 9.17) is 5.73 Å². The summed E-state index contributed by atoms with van der Waals surface area (Å²) in [5.41, 5.74) is 12.4. The Bertz CT molecular complexity index is 1470. The van der Waals surface area contributed by atoms with Crippen molar-refractivity contribution < 1.29 is 4.79 Å². The summed E-state index contributed by atoms with van der Waals surface area (Å²) in [7, 11) is 0. The molecule has 0 spiro atoms. The minimum Gasteiger partial charge on any atom is -0.366 e. The molecule has 1 amide bonds. The first-order valence-corrected chi connectivity index (χ1v) is 10.7. The lowest BCUT2D eigenvalue weighted by Gasteiger charge is -2.11. The maximum atomic E-state index is 12.6. The maximum Gasteiger partial charge on any atom is 0.254 e. The third-order valence-corrected chi connectivity index (χ3v) is 5.80. The van der Waals surface area contributed by atoms with Gasteiger partial charge in [0.1, 0.15) is 0 Å². The number of aromatic nitrogens is 6. The highest BCUT2D eigenvalue weighted by atomic mass is 16.1. The molecule has 9 nitrogen and oxygen atoms in total. The zero-order valence-electron chi connectivity index (χ0n) is 18.5. The lowest BCUT2D eigenvalue weighted by atomic mass is 10.1. The molecule has 0 aliphatic rings. The number of nitrogen functional groups attached to an aromatic ring is 1. The van der Waals surface area contributed by atoms with Gasteiger partial charge in [-0.1, -0.05) is 36.4 Å². The van der Waals surface area contributed by atoms with Crippen molar-refractivity contribution in [3.63, 3.8) is 0 Å². The number of amides is 1. The molecule has 0 saturated carbocycles. The van der Waals surface area contributed by atoms with Crippen LogP contribution in [0.4, 0.5) is 5.95 Å². The van der Waals surface area contributed by atoms with Crippen LogP contribution in [0.15, 0.2) is 54.9 Å². The Hall–Kier alpha value is -4.27. The van der Waals surface area contributed by atoms with E-state index in [0.717, 1.165) is 40.1 Å². The molecule has 166 valence electrons. The highest BCUT2D eigenvalue weighted by Gasteiger charge is 2.15. The molecule has 0 radical (unpaired) electrons. The number of nitrogens with two attached hydrogens (primary N) is 1. The summed E-state index contributed by atoms with van der Waals surface area (Å²) < 4.78 is 3.71. The number of carbonyl (C=O) groups excluding carboxylic acids is 1. The van der Waals surface area contributed by atoms with E-state index in [1.165, 1.54) is 5.56 Å². The van der Waals surface area contributed by atoms with Gasteiger partial charge in [0, 0.05) is 30.0 Å². The normalized spacial score (nSPS) is 11.3. The van der Waals surface area contributed by atoms with Crippen molar-refractivity contribution in [3.8, 4) is 0 Å². The fourth-order valence-corrected chi connectivity index (χ4v) is 4.00. The number of fused-ring (bicyclic) bond motifs is 2. The maximum absolute atomic E-state index is 12.6. The Labute approximate surface area is 190 Å². The number of hydrogen-bond donors (Lipinski definition) is 2. The first kappa shape index (κ1) is 20.6. The molecule has 33 heavy (non-hydrogen) atoms. The summed E-state index contributed by atoms with van der Waals surface area (Å²) in [6.07, 6.45) is 2.08. The van der Waals surface area contributed by atoms with Crippen molar-refractivity contribution in [2.45, 2.75) is 33.4 Å². The number of carbonyl (C=O) groups is 1. The monoisotopic (exact) mass is 440 g/mol. The fourth-order valence-electron chi connectivity index (χ4n) is 4.00. The highest BCUT2D eigenvalue weighted by molar-refractivity contribution is 5.79. The Balaban J connectivity index is 1.22. The number of benzene rings is 2. The van der Waals surface area contributed by atoms with Crippen molar-refractivity contribution in [2.24, 2.45) is 0 Å². The van der Waals surface area contributed by atoms with Crippen molar-refractivity contribution >= 4 is 28.7 Å². The van der Waals surface area contributed by atoms with Crippen molar-refractivity contribution in [1.82, 2.24) is 34.4 Å². The van der Waals surface area contributed by atoms with E-state index in [1.807, 2.05) is 50.5 Å². The Morgan fingerprint density at radius 1 is 1.03 bits per heavy atom. The number of nitrogens with zero attached hydrogens (tertiary/aromatic N) is 6. The molecule has 0 aliphatic carbocycles. The lowest BCUT2D eigenvalue weighted by Crippen LogP contribution is -2.26. The molecule has 5 rings (SSSR count). The number of para-hydroxylation sites is 2. The number of aryl methyl sites for hydroxylation is 2. The number of anilines is 1. The van der Waals surface area contributed by atoms with Gasteiger partial charge in [-0.3, -0.25) is 4.79 Å². The Morgan fingerprint density at radius 2 is 1.79 bits per heavy atom. The highest BCUT2D eigenvalue weighted by Crippen LogP contribution is 2.16. The summed E-state index contributed by atoms with van der Waals surface area (Å²) in [4.78, 5) is 25.6. The molecule has 3 aromatic heterocycles. The Kier molecular flexibility index (Phi) is 5.21. The van der Waals surface area contributed by atoms with Crippen LogP contribution >= 0.6 is 0 Å². The summed E-state index contributed by atoms with van der Waals surface area (Å²) in [6, 6.07) is 16.3. The zero-order chi connectivity index (χ0) is 22.9. The van der Waals surface area contributed by atoms with Gasteiger partial charge in [-0.25, -0.2) is 9.97 Å². The van der Waals surface area contributed by atoms with Crippen LogP contribution in [-0.4, -0.2) is 35.0 Å². The molecule has 0 saturated heterocycles. The van der Waals surface area contributed by atoms with Gasteiger partial charge < -0.3 is 15.6 Å². The average Bonchev–Trinajstić information content (AvgIpc) is 3.39.